The number of unbranched alkanes of at least 4 members (excludes halogenated alkanes) is 1. The van der Waals surface area contributed by atoms with Crippen LogP contribution in [0, 0.1) is 0 Å². The number of hydrogen-bond donors (Lipinski definition) is 1. The summed E-state index contributed by atoms with van der Waals surface area (Å²) in [5, 5.41) is 8.62. The Morgan fingerprint density at radius 1 is 1.64 bits per heavy atom. The van der Waals surface area contributed by atoms with Crippen molar-refractivity contribution in [1.29, 1.82) is 0 Å². The smallest absolute Gasteiger partial charge is 0.220 e. The molecule has 3 nitrogen and oxygen atoms in total. The summed E-state index contributed by atoms with van der Waals surface area (Å²) < 4.78 is 5.17. The fourth-order valence-corrected chi connectivity index (χ4v) is 0.888. The van der Waals surface area contributed by atoms with Crippen molar-refractivity contribution in [2.45, 2.75) is 32.8 Å². The quantitative estimate of drug-likeness (QED) is 0.716. The molecular formula is C8H13NO2. The Kier molecular flexibility index (Phi) is 3.11. The third-order valence-electron chi connectivity index (χ3n) is 1.51. The van der Waals surface area contributed by atoms with Gasteiger partial charge in [-0.1, -0.05) is 13.3 Å². The number of nitrogens with zero attached hydrogens (tertiary/aromatic N) is 1. The monoisotopic (exact) mass is 155 g/mol. The minimum Gasteiger partial charge on any atom is -0.443 e. The second-order valence-corrected chi connectivity index (χ2v) is 2.48. The van der Waals surface area contributed by atoms with Crippen molar-refractivity contribution in [3.63, 3.8) is 0 Å². The number of rotatable bonds is 4. The standard InChI is InChI=1S/C8H13NO2/c1-2-3-4-7-5-9-8(6-10)11-7/h5,10H,2-4,6H2,1H3. The predicted octanol–water partition coefficient (Wildman–Crippen LogP) is 1.51. The fourth-order valence-electron chi connectivity index (χ4n) is 0.888. The highest BCUT2D eigenvalue weighted by Gasteiger charge is 2.00. The maximum absolute atomic E-state index is 8.62. The van der Waals surface area contributed by atoms with Gasteiger partial charge in [-0.3, -0.25) is 0 Å². The van der Waals surface area contributed by atoms with Crippen LogP contribution in [0.2, 0.25) is 0 Å². The van der Waals surface area contributed by atoms with Crippen LogP contribution in [0.4, 0.5) is 0 Å². The molecule has 1 heterocycles. The maximum atomic E-state index is 8.62. The van der Waals surface area contributed by atoms with E-state index in [1.807, 2.05) is 0 Å². The Balaban J connectivity index is 2.44. The van der Waals surface area contributed by atoms with Crippen LogP contribution in [0.15, 0.2) is 10.6 Å². The molecule has 1 aromatic heterocycles. The lowest BCUT2D eigenvalue weighted by Gasteiger charge is -1.90. The van der Waals surface area contributed by atoms with E-state index in [1.54, 1.807) is 6.20 Å². The molecule has 1 N–H and O–H groups in total. The van der Waals surface area contributed by atoms with Gasteiger partial charge in [0.1, 0.15) is 12.4 Å². The van der Waals surface area contributed by atoms with E-state index >= 15 is 0 Å². The number of hydrogen-bond acceptors (Lipinski definition) is 3. The molecule has 0 aromatic carbocycles. The summed E-state index contributed by atoms with van der Waals surface area (Å²) in [6.07, 6.45) is 4.86. The molecule has 11 heavy (non-hydrogen) atoms. The first-order chi connectivity index (χ1) is 5.36. The predicted molar refractivity (Wildman–Crippen MR) is 41.0 cm³/mol. The first-order valence-electron chi connectivity index (χ1n) is 3.91. The molecule has 3 heteroatoms. The molecule has 0 aliphatic carbocycles. The Bertz CT molecular complexity index is 208. The van der Waals surface area contributed by atoms with E-state index in [0.29, 0.717) is 5.89 Å². The number of aliphatic hydroxyl groups excluding tert-OH is 1. The van der Waals surface area contributed by atoms with Crippen molar-refractivity contribution < 1.29 is 9.52 Å². The first-order valence-corrected chi connectivity index (χ1v) is 3.91. The number of oxazole rings is 1. The summed E-state index contributed by atoms with van der Waals surface area (Å²) in [7, 11) is 0. The number of aryl methyl sites for hydroxylation is 1. The molecule has 0 atom stereocenters. The van der Waals surface area contributed by atoms with E-state index in [9.17, 15) is 0 Å². The normalized spacial score (nSPS) is 10.4. The molecular weight excluding hydrogens is 142 g/mol. The lowest BCUT2D eigenvalue weighted by atomic mass is 10.2. The van der Waals surface area contributed by atoms with Crippen molar-refractivity contribution in [2.24, 2.45) is 0 Å². The zero-order valence-electron chi connectivity index (χ0n) is 6.71. The molecule has 0 aliphatic rings. The molecule has 0 aliphatic heterocycles. The third-order valence-corrected chi connectivity index (χ3v) is 1.51. The highest BCUT2D eigenvalue weighted by molar-refractivity contribution is 4.93. The molecule has 0 radical (unpaired) electrons. The Morgan fingerprint density at radius 2 is 2.45 bits per heavy atom. The van der Waals surface area contributed by atoms with Crippen LogP contribution in [-0.4, -0.2) is 10.1 Å². The average Bonchev–Trinajstić information content (AvgIpc) is 2.48. The van der Waals surface area contributed by atoms with Crippen LogP contribution >= 0.6 is 0 Å². The molecule has 1 rings (SSSR count). The fraction of sp³-hybridized carbons (Fsp3) is 0.625. The summed E-state index contributed by atoms with van der Waals surface area (Å²) in [5.74, 6) is 1.28. The summed E-state index contributed by atoms with van der Waals surface area (Å²) in [5.41, 5.74) is 0. The Morgan fingerprint density at radius 3 is 3.00 bits per heavy atom. The van der Waals surface area contributed by atoms with Crippen molar-refractivity contribution >= 4 is 0 Å². The van der Waals surface area contributed by atoms with E-state index in [4.69, 9.17) is 9.52 Å². The summed E-state index contributed by atoms with van der Waals surface area (Å²) >= 11 is 0. The zero-order valence-corrected chi connectivity index (χ0v) is 6.71. The highest BCUT2D eigenvalue weighted by atomic mass is 16.4. The highest BCUT2D eigenvalue weighted by Crippen LogP contribution is 2.06. The molecule has 0 amide bonds. The van der Waals surface area contributed by atoms with E-state index in [0.717, 1.165) is 25.0 Å². The molecule has 62 valence electrons. The first kappa shape index (κ1) is 8.27. The van der Waals surface area contributed by atoms with E-state index in [1.165, 1.54) is 0 Å². The van der Waals surface area contributed by atoms with Gasteiger partial charge in [-0.05, 0) is 6.42 Å². The van der Waals surface area contributed by atoms with Gasteiger partial charge in [-0.15, -0.1) is 0 Å². The molecule has 0 bridgehead atoms. The summed E-state index contributed by atoms with van der Waals surface area (Å²) in [6.45, 7) is 2.02. The van der Waals surface area contributed by atoms with Gasteiger partial charge in [0.25, 0.3) is 0 Å². The van der Waals surface area contributed by atoms with Crippen LogP contribution in [0.3, 0.4) is 0 Å². The molecule has 0 spiro atoms. The number of aliphatic hydroxyl groups is 1. The lowest BCUT2D eigenvalue weighted by molar-refractivity contribution is 0.236. The third kappa shape index (κ3) is 2.35. The summed E-state index contributed by atoms with van der Waals surface area (Å²) in [6, 6.07) is 0. The van der Waals surface area contributed by atoms with Gasteiger partial charge >= 0.3 is 0 Å². The number of aromatic nitrogens is 1. The van der Waals surface area contributed by atoms with Crippen LogP contribution in [-0.2, 0) is 13.0 Å². The van der Waals surface area contributed by atoms with Gasteiger partial charge in [0, 0.05) is 6.42 Å². The van der Waals surface area contributed by atoms with Crippen LogP contribution < -0.4 is 0 Å². The Hall–Kier alpha value is -0.830. The van der Waals surface area contributed by atoms with Crippen molar-refractivity contribution in [1.82, 2.24) is 4.98 Å². The zero-order chi connectivity index (χ0) is 8.10. The minimum absolute atomic E-state index is 0.105. The molecule has 0 unspecified atom stereocenters. The minimum atomic E-state index is -0.105. The lowest BCUT2D eigenvalue weighted by Crippen LogP contribution is -1.80. The van der Waals surface area contributed by atoms with Crippen molar-refractivity contribution in [3.8, 4) is 0 Å². The largest absolute Gasteiger partial charge is 0.443 e. The molecule has 1 aromatic rings. The van der Waals surface area contributed by atoms with Gasteiger partial charge in [-0.25, -0.2) is 4.98 Å². The van der Waals surface area contributed by atoms with Gasteiger partial charge in [0.15, 0.2) is 0 Å². The van der Waals surface area contributed by atoms with Gasteiger partial charge in [0.05, 0.1) is 6.20 Å². The van der Waals surface area contributed by atoms with Crippen LogP contribution in [0.5, 0.6) is 0 Å². The topological polar surface area (TPSA) is 46.3 Å². The van der Waals surface area contributed by atoms with Gasteiger partial charge in [0.2, 0.25) is 5.89 Å². The molecule has 0 saturated heterocycles. The average molecular weight is 155 g/mol. The van der Waals surface area contributed by atoms with E-state index < -0.39 is 0 Å². The maximum Gasteiger partial charge on any atom is 0.220 e. The van der Waals surface area contributed by atoms with Crippen molar-refractivity contribution in [3.05, 3.63) is 17.8 Å². The summed E-state index contributed by atoms with van der Waals surface area (Å²) in [4.78, 5) is 3.87. The van der Waals surface area contributed by atoms with E-state index in [-0.39, 0.29) is 6.61 Å². The van der Waals surface area contributed by atoms with E-state index in [2.05, 4.69) is 11.9 Å². The van der Waals surface area contributed by atoms with Gasteiger partial charge < -0.3 is 9.52 Å². The molecule has 0 fully saturated rings. The second kappa shape index (κ2) is 4.13. The van der Waals surface area contributed by atoms with Gasteiger partial charge in [-0.2, -0.15) is 0 Å². The Labute approximate surface area is 66.1 Å². The SMILES string of the molecule is CCCCc1cnc(CO)o1. The van der Waals surface area contributed by atoms with Crippen LogP contribution in [0.1, 0.15) is 31.4 Å². The second-order valence-electron chi connectivity index (χ2n) is 2.48. The van der Waals surface area contributed by atoms with Crippen LogP contribution in [0.25, 0.3) is 0 Å². The van der Waals surface area contributed by atoms with Crippen molar-refractivity contribution in [2.75, 3.05) is 0 Å². The molecule has 0 saturated carbocycles.